The molecule has 0 saturated heterocycles. The van der Waals surface area contributed by atoms with Gasteiger partial charge in [0, 0.05) is 37.2 Å². The molecule has 1 amide bonds. The molecule has 2 unspecified atom stereocenters. The molecule has 2 aromatic rings. The first kappa shape index (κ1) is 16.7. The van der Waals surface area contributed by atoms with Crippen molar-refractivity contribution in [1.82, 2.24) is 9.88 Å². The fraction of sp³-hybridized carbons (Fsp3) is 0.400. The van der Waals surface area contributed by atoms with E-state index in [1.165, 1.54) is 0 Å². The van der Waals surface area contributed by atoms with Crippen molar-refractivity contribution in [3.05, 3.63) is 48.2 Å². The quantitative estimate of drug-likeness (QED) is 0.878. The fourth-order valence-corrected chi connectivity index (χ4v) is 3.39. The standard InChI is InChI=1S/C20H24N2O2/c1-22(14-16-6-2-5-9-19(16)23)20(24)11-10-15-12-13-21-18-8-4-3-7-17(15)18/h3-4,7-8,10-13,16,19,23H,2,5-6,9,14H2,1H3/b11-10+. The third kappa shape index (κ3) is 3.82. The molecule has 4 heteroatoms. The topological polar surface area (TPSA) is 53.4 Å². The summed E-state index contributed by atoms with van der Waals surface area (Å²) in [5, 5.41) is 11.1. The lowest BCUT2D eigenvalue weighted by Gasteiger charge is -2.30. The number of benzene rings is 1. The van der Waals surface area contributed by atoms with Crippen LogP contribution in [0.1, 0.15) is 31.2 Å². The van der Waals surface area contributed by atoms with Crippen LogP contribution in [-0.2, 0) is 4.79 Å². The van der Waals surface area contributed by atoms with Gasteiger partial charge >= 0.3 is 0 Å². The van der Waals surface area contributed by atoms with Gasteiger partial charge in [-0.2, -0.15) is 0 Å². The second-order valence-electron chi connectivity index (χ2n) is 6.58. The minimum atomic E-state index is -0.276. The molecule has 0 bridgehead atoms. The smallest absolute Gasteiger partial charge is 0.246 e. The van der Waals surface area contributed by atoms with Gasteiger partial charge in [-0.05, 0) is 36.6 Å². The second-order valence-corrected chi connectivity index (χ2v) is 6.58. The van der Waals surface area contributed by atoms with Crippen LogP contribution < -0.4 is 0 Å². The number of para-hydroxylation sites is 1. The molecule has 126 valence electrons. The number of aliphatic hydroxyl groups is 1. The van der Waals surface area contributed by atoms with Gasteiger partial charge in [0.15, 0.2) is 0 Å². The van der Waals surface area contributed by atoms with Crippen molar-refractivity contribution in [2.24, 2.45) is 5.92 Å². The highest BCUT2D eigenvalue weighted by Crippen LogP contribution is 2.25. The normalized spacial score (nSPS) is 21.2. The summed E-state index contributed by atoms with van der Waals surface area (Å²) in [6.45, 7) is 0.613. The maximum absolute atomic E-state index is 12.4. The van der Waals surface area contributed by atoms with E-state index in [0.717, 1.165) is 42.1 Å². The van der Waals surface area contributed by atoms with Crippen LogP contribution >= 0.6 is 0 Å². The van der Waals surface area contributed by atoms with Gasteiger partial charge in [0.25, 0.3) is 0 Å². The van der Waals surface area contributed by atoms with Gasteiger partial charge in [0.1, 0.15) is 0 Å². The Morgan fingerprint density at radius 1 is 1.29 bits per heavy atom. The molecule has 1 fully saturated rings. The summed E-state index contributed by atoms with van der Waals surface area (Å²) in [5.74, 6) is 0.163. The lowest BCUT2D eigenvalue weighted by atomic mass is 9.86. The predicted octanol–water partition coefficient (Wildman–Crippen LogP) is 3.26. The van der Waals surface area contributed by atoms with E-state index in [2.05, 4.69) is 4.98 Å². The molecule has 1 aliphatic carbocycles. The zero-order valence-corrected chi connectivity index (χ0v) is 14.1. The number of carbonyl (C=O) groups excluding carboxylic acids is 1. The van der Waals surface area contributed by atoms with Crippen molar-refractivity contribution in [2.75, 3.05) is 13.6 Å². The van der Waals surface area contributed by atoms with Gasteiger partial charge in [0.2, 0.25) is 5.91 Å². The molecular weight excluding hydrogens is 300 g/mol. The third-order valence-corrected chi connectivity index (χ3v) is 4.84. The number of fused-ring (bicyclic) bond motifs is 1. The molecule has 1 aliphatic rings. The molecule has 1 saturated carbocycles. The Morgan fingerprint density at radius 2 is 2.08 bits per heavy atom. The van der Waals surface area contributed by atoms with E-state index in [9.17, 15) is 9.90 Å². The Bertz CT molecular complexity index is 736. The number of carbonyl (C=O) groups is 1. The van der Waals surface area contributed by atoms with Crippen LogP contribution in [0.4, 0.5) is 0 Å². The van der Waals surface area contributed by atoms with Crippen molar-refractivity contribution in [3.8, 4) is 0 Å². The minimum absolute atomic E-state index is 0.0336. The second kappa shape index (κ2) is 7.58. The number of amides is 1. The van der Waals surface area contributed by atoms with Gasteiger partial charge in [-0.1, -0.05) is 31.0 Å². The monoisotopic (exact) mass is 324 g/mol. The van der Waals surface area contributed by atoms with Crippen LogP contribution in [-0.4, -0.2) is 40.6 Å². The first-order valence-corrected chi connectivity index (χ1v) is 8.60. The van der Waals surface area contributed by atoms with Crippen LogP contribution in [0.15, 0.2) is 42.6 Å². The number of hydrogen-bond donors (Lipinski definition) is 1. The van der Waals surface area contributed by atoms with Gasteiger partial charge in [-0.25, -0.2) is 0 Å². The highest BCUT2D eigenvalue weighted by atomic mass is 16.3. The average Bonchev–Trinajstić information content (AvgIpc) is 2.61. The number of aromatic nitrogens is 1. The molecule has 0 radical (unpaired) electrons. The lowest BCUT2D eigenvalue weighted by molar-refractivity contribution is -0.126. The zero-order valence-electron chi connectivity index (χ0n) is 14.1. The summed E-state index contributed by atoms with van der Waals surface area (Å²) in [6.07, 6.45) is 9.02. The van der Waals surface area contributed by atoms with Crippen LogP contribution in [0, 0.1) is 5.92 Å². The van der Waals surface area contributed by atoms with Crippen LogP contribution in [0.3, 0.4) is 0 Å². The van der Waals surface area contributed by atoms with Gasteiger partial charge < -0.3 is 10.0 Å². The molecule has 1 aromatic carbocycles. The number of hydrogen-bond acceptors (Lipinski definition) is 3. The van der Waals surface area contributed by atoms with E-state index in [1.807, 2.05) is 36.4 Å². The Balaban J connectivity index is 1.68. The van der Waals surface area contributed by atoms with E-state index in [0.29, 0.717) is 6.54 Å². The first-order chi connectivity index (χ1) is 11.6. The van der Waals surface area contributed by atoms with E-state index in [-0.39, 0.29) is 17.9 Å². The highest BCUT2D eigenvalue weighted by Gasteiger charge is 2.25. The van der Waals surface area contributed by atoms with Gasteiger partial charge in [-0.3, -0.25) is 9.78 Å². The van der Waals surface area contributed by atoms with E-state index in [1.54, 1.807) is 24.2 Å². The van der Waals surface area contributed by atoms with E-state index < -0.39 is 0 Å². The van der Waals surface area contributed by atoms with Crippen molar-refractivity contribution in [3.63, 3.8) is 0 Å². The summed E-state index contributed by atoms with van der Waals surface area (Å²) < 4.78 is 0. The molecule has 1 aromatic heterocycles. The number of aliphatic hydroxyl groups excluding tert-OH is 1. The molecule has 2 atom stereocenters. The number of likely N-dealkylation sites (N-methyl/N-ethyl adjacent to an activating group) is 1. The summed E-state index contributed by atoms with van der Waals surface area (Å²) >= 11 is 0. The summed E-state index contributed by atoms with van der Waals surface area (Å²) in [4.78, 5) is 18.4. The van der Waals surface area contributed by atoms with Crippen LogP contribution in [0.25, 0.3) is 17.0 Å². The van der Waals surface area contributed by atoms with Crippen molar-refractivity contribution >= 4 is 22.9 Å². The predicted molar refractivity (Wildman–Crippen MR) is 96.4 cm³/mol. The molecule has 1 heterocycles. The summed E-state index contributed by atoms with van der Waals surface area (Å²) in [6, 6.07) is 9.81. The molecule has 3 rings (SSSR count). The molecule has 0 spiro atoms. The van der Waals surface area contributed by atoms with Crippen LogP contribution in [0.2, 0.25) is 0 Å². The number of nitrogens with zero attached hydrogens (tertiary/aromatic N) is 2. The Hall–Kier alpha value is -2.20. The molecular formula is C20H24N2O2. The van der Waals surface area contributed by atoms with Gasteiger partial charge in [-0.15, -0.1) is 0 Å². The fourth-order valence-electron chi connectivity index (χ4n) is 3.39. The van der Waals surface area contributed by atoms with E-state index >= 15 is 0 Å². The Morgan fingerprint density at radius 3 is 2.92 bits per heavy atom. The third-order valence-electron chi connectivity index (χ3n) is 4.84. The Labute approximate surface area is 142 Å². The van der Waals surface area contributed by atoms with Crippen LogP contribution in [0.5, 0.6) is 0 Å². The number of rotatable bonds is 4. The maximum atomic E-state index is 12.4. The van der Waals surface area contributed by atoms with Gasteiger partial charge in [0.05, 0.1) is 11.6 Å². The van der Waals surface area contributed by atoms with E-state index in [4.69, 9.17) is 0 Å². The maximum Gasteiger partial charge on any atom is 0.246 e. The Kier molecular flexibility index (Phi) is 5.26. The molecule has 1 N–H and O–H groups in total. The van der Waals surface area contributed by atoms with Crippen molar-refractivity contribution in [2.45, 2.75) is 31.8 Å². The SMILES string of the molecule is CN(CC1CCCCC1O)C(=O)/C=C/c1ccnc2ccccc12. The highest BCUT2D eigenvalue weighted by molar-refractivity contribution is 5.95. The first-order valence-electron chi connectivity index (χ1n) is 8.60. The van der Waals surface area contributed by atoms with Crippen molar-refractivity contribution in [1.29, 1.82) is 0 Å². The largest absolute Gasteiger partial charge is 0.393 e. The minimum Gasteiger partial charge on any atom is -0.393 e. The lowest BCUT2D eigenvalue weighted by Crippen LogP contribution is -2.37. The molecule has 0 aliphatic heterocycles. The molecule has 4 nitrogen and oxygen atoms in total. The summed E-state index contributed by atoms with van der Waals surface area (Å²) in [7, 11) is 1.80. The number of pyridine rings is 1. The average molecular weight is 324 g/mol. The zero-order chi connectivity index (χ0) is 16.9. The summed E-state index contributed by atoms with van der Waals surface area (Å²) in [5.41, 5.74) is 1.91. The molecule has 24 heavy (non-hydrogen) atoms. The van der Waals surface area contributed by atoms with Crippen molar-refractivity contribution < 1.29 is 9.90 Å².